The Morgan fingerprint density at radius 1 is 1.54 bits per heavy atom. The SMILES string of the molecule is C#CC1CN(C)P(=S)(N(C)C)N1C. The van der Waals surface area contributed by atoms with Crippen molar-refractivity contribution in [3.05, 3.63) is 0 Å². The van der Waals surface area contributed by atoms with E-state index < -0.39 is 6.49 Å². The zero-order valence-electron chi connectivity index (χ0n) is 8.56. The predicted octanol–water partition coefficient (Wildman–Crippen LogP) is 0.651. The van der Waals surface area contributed by atoms with Crippen molar-refractivity contribution in [3.8, 4) is 12.3 Å². The molecule has 74 valence electrons. The summed E-state index contributed by atoms with van der Waals surface area (Å²) in [6, 6.07) is 0.165. The third-order valence-corrected chi connectivity index (χ3v) is 8.24. The van der Waals surface area contributed by atoms with Crippen molar-refractivity contribution in [2.75, 3.05) is 34.7 Å². The maximum atomic E-state index is 5.67. The molecule has 1 aliphatic heterocycles. The monoisotopic (exact) mass is 217 g/mol. The van der Waals surface area contributed by atoms with Crippen LogP contribution >= 0.6 is 6.49 Å². The zero-order chi connectivity index (χ0) is 10.2. The van der Waals surface area contributed by atoms with Crippen LogP contribution in [0.25, 0.3) is 0 Å². The molecule has 0 bridgehead atoms. The minimum Gasteiger partial charge on any atom is -0.258 e. The largest absolute Gasteiger partial charge is 0.258 e. The Balaban J connectivity index is 3.01. The minimum atomic E-state index is -1.71. The second-order valence-corrected chi connectivity index (χ2v) is 8.07. The molecule has 0 radical (unpaired) electrons. The van der Waals surface area contributed by atoms with Crippen molar-refractivity contribution in [2.24, 2.45) is 0 Å². The van der Waals surface area contributed by atoms with Crippen LogP contribution in [0.3, 0.4) is 0 Å². The molecule has 5 heteroatoms. The molecule has 0 saturated carbocycles. The van der Waals surface area contributed by atoms with Gasteiger partial charge in [-0.25, -0.2) is 4.67 Å². The molecular formula is C8H16N3PS. The lowest BCUT2D eigenvalue weighted by molar-refractivity contribution is 0.479. The van der Waals surface area contributed by atoms with E-state index in [9.17, 15) is 0 Å². The van der Waals surface area contributed by atoms with Crippen LogP contribution in [0.15, 0.2) is 0 Å². The molecule has 2 unspecified atom stereocenters. The highest BCUT2D eigenvalue weighted by Gasteiger charge is 2.41. The molecule has 0 spiro atoms. The van der Waals surface area contributed by atoms with Gasteiger partial charge in [0.1, 0.15) is 6.49 Å². The van der Waals surface area contributed by atoms with Gasteiger partial charge in [0.2, 0.25) is 0 Å². The van der Waals surface area contributed by atoms with Gasteiger partial charge in [-0.1, -0.05) is 5.92 Å². The predicted molar refractivity (Wildman–Crippen MR) is 61.0 cm³/mol. The third-order valence-electron chi connectivity index (χ3n) is 2.46. The first-order valence-corrected chi connectivity index (χ1v) is 6.79. The van der Waals surface area contributed by atoms with E-state index in [0.717, 1.165) is 6.54 Å². The molecule has 1 fully saturated rings. The van der Waals surface area contributed by atoms with Crippen LogP contribution in [0.2, 0.25) is 0 Å². The number of terminal acetylenes is 1. The fourth-order valence-electron chi connectivity index (χ4n) is 1.65. The standard InChI is InChI=1S/C8H16N3PS/c1-6-8-7-10(4)12(13,9(2)3)11(8)5/h1,8H,7H2,2-5H3. The average Bonchev–Trinajstić information content (AvgIpc) is 2.30. The van der Waals surface area contributed by atoms with E-state index in [4.69, 9.17) is 18.2 Å². The zero-order valence-corrected chi connectivity index (χ0v) is 10.3. The second kappa shape index (κ2) is 3.68. The summed E-state index contributed by atoms with van der Waals surface area (Å²) in [7, 11) is 8.11. The number of hydrogen-bond donors (Lipinski definition) is 0. The summed E-state index contributed by atoms with van der Waals surface area (Å²) in [5, 5.41) is 0. The van der Waals surface area contributed by atoms with Crippen LogP contribution < -0.4 is 0 Å². The molecule has 2 atom stereocenters. The summed E-state index contributed by atoms with van der Waals surface area (Å²) in [5.41, 5.74) is 0. The first-order valence-electron chi connectivity index (χ1n) is 4.13. The quantitative estimate of drug-likeness (QED) is 0.471. The Morgan fingerprint density at radius 3 is 2.31 bits per heavy atom. The van der Waals surface area contributed by atoms with Crippen LogP contribution in [0.4, 0.5) is 0 Å². The van der Waals surface area contributed by atoms with Gasteiger partial charge >= 0.3 is 0 Å². The lowest BCUT2D eigenvalue weighted by Crippen LogP contribution is -2.27. The Bertz CT molecular complexity index is 284. The van der Waals surface area contributed by atoms with Crippen LogP contribution in [0.5, 0.6) is 0 Å². The number of hydrogen-bond acceptors (Lipinski definition) is 1. The van der Waals surface area contributed by atoms with Crippen LogP contribution in [0.1, 0.15) is 0 Å². The summed E-state index contributed by atoms with van der Waals surface area (Å²) in [5.74, 6) is 2.77. The van der Waals surface area contributed by atoms with Gasteiger partial charge in [-0.05, 0) is 40.0 Å². The molecule has 0 aromatic heterocycles. The van der Waals surface area contributed by atoms with E-state index in [0.29, 0.717) is 0 Å². The van der Waals surface area contributed by atoms with Gasteiger partial charge in [-0.2, -0.15) is 0 Å². The maximum absolute atomic E-state index is 5.67. The summed E-state index contributed by atoms with van der Waals surface area (Å²) < 4.78 is 6.47. The van der Waals surface area contributed by atoms with Gasteiger partial charge in [-0.3, -0.25) is 9.34 Å². The number of rotatable bonds is 1. The first kappa shape index (κ1) is 11.2. The van der Waals surface area contributed by atoms with Gasteiger partial charge in [0.15, 0.2) is 0 Å². The highest BCUT2D eigenvalue weighted by Crippen LogP contribution is 2.58. The fraction of sp³-hybridized carbons (Fsp3) is 0.750. The Hall–Kier alpha value is 0.0900. The van der Waals surface area contributed by atoms with Crippen LogP contribution in [0, 0.1) is 12.3 Å². The van der Waals surface area contributed by atoms with Crippen LogP contribution in [-0.2, 0) is 11.8 Å². The first-order chi connectivity index (χ1) is 5.94. The van der Waals surface area contributed by atoms with E-state index in [1.165, 1.54) is 0 Å². The Kier molecular flexibility index (Phi) is 3.16. The van der Waals surface area contributed by atoms with Gasteiger partial charge in [0, 0.05) is 6.54 Å². The van der Waals surface area contributed by atoms with Gasteiger partial charge < -0.3 is 0 Å². The summed E-state index contributed by atoms with van der Waals surface area (Å²) in [6.45, 7) is -0.828. The van der Waals surface area contributed by atoms with E-state index in [1.807, 2.05) is 21.1 Å². The van der Waals surface area contributed by atoms with E-state index in [-0.39, 0.29) is 6.04 Å². The molecule has 1 saturated heterocycles. The van der Waals surface area contributed by atoms with Crippen molar-refractivity contribution < 1.29 is 0 Å². The molecule has 1 heterocycles. The Morgan fingerprint density at radius 2 is 2.08 bits per heavy atom. The third kappa shape index (κ3) is 1.56. The highest BCUT2D eigenvalue weighted by atomic mass is 32.4. The maximum Gasteiger partial charge on any atom is 0.145 e. The second-order valence-electron chi connectivity index (χ2n) is 3.46. The minimum absolute atomic E-state index is 0.165. The van der Waals surface area contributed by atoms with Gasteiger partial charge in [-0.15, -0.1) is 6.42 Å². The molecule has 0 aromatic rings. The van der Waals surface area contributed by atoms with Crippen molar-refractivity contribution in [1.82, 2.24) is 14.0 Å². The summed E-state index contributed by atoms with van der Waals surface area (Å²) >= 11 is 5.67. The highest BCUT2D eigenvalue weighted by molar-refractivity contribution is 8.11. The smallest absolute Gasteiger partial charge is 0.145 e. The lowest BCUT2D eigenvalue weighted by Gasteiger charge is -2.35. The van der Waals surface area contributed by atoms with E-state index in [1.54, 1.807) is 0 Å². The summed E-state index contributed by atoms with van der Waals surface area (Å²) in [6.07, 6.45) is 5.44. The molecule has 0 amide bonds. The Labute approximate surface area is 85.9 Å². The molecule has 1 aliphatic rings. The van der Waals surface area contributed by atoms with E-state index in [2.05, 4.69) is 27.0 Å². The van der Waals surface area contributed by atoms with Crippen molar-refractivity contribution in [3.63, 3.8) is 0 Å². The van der Waals surface area contributed by atoms with Crippen molar-refractivity contribution >= 4 is 18.3 Å². The summed E-state index contributed by atoms with van der Waals surface area (Å²) in [4.78, 5) is 0. The lowest BCUT2D eigenvalue weighted by atomic mass is 10.3. The number of nitrogens with zero attached hydrogens (tertiary/aromatic N) is 3. The van der Waals surface area contributed by atoms with Gasteiger partial charge in [0.05, 0.1) is 6.04 Å². The van der Waals surface area contributed by atoms with Crippen LogP contribution in [-0.4, -0.2) is 54.8 Å². The molecular weight excluding hydrogens is 201 g/mol. The average molecular weight is 217 g/mol. The normalized spacial score (nSPS) is 36.8. The molecule has 3 nitrogen and oxygen atoms in total. The number of likely N-dealkylation sites (N-methyl/N-ethyl adjacent to an activating group) is 2. The fourth-order valence-corrected chi connectivity index (χ4v) is 4.71. The molecule has 13 heavy (non-hydrogen) atoms. The molecule has 0 aliphatic carbocycles. The molecule has 0 N–H and O–H groups in total. The molecule has 0 aromatic carbocycles. The van der Waals surface area contributed by atoms with Crippen molar-refractivity contribution in [2.45, 2.75) is 6.04 Å². The van der Waals surface area contributed by atoms with Crippen molar-refractivity contribution in [1.29, 1.82) is 0 Å². The van der Waals surface area contributed by atoms with E-state index >= 15 is 0 Å². The topological polar surface area (TPSA) is 9.72 Å². The van der Waals surface area contributed by atoms with Gasteiger partial charge in [0.25, 0.3) is 0 Å². The molecule has 1 rings (SSSR count).